The number of benzene rings is 1. The molecule has 2 bridgehead atoms. The molecule has 1 aromatic carbocycles. The number of hydrogen-bond acceptors (Lipinski definition) is 1. The molecule has 2 aliphatic rings. The van der Waals surface area contributed by atoms with Crippen molar-refractivity contribution in [3.63, 3.8) is 0 Å². The predicted octanol–water partition coefficient (Wildman–Crippen LogP) is 4.10. The first kappa shape index (κ1) is 12.0. The van der Waals surface area contributed by atoms with Crippen LogP contribution in [0.3, 0.4) is 0 Å². The van der Waals surface area contributed by atoms with Crippen molar-refractivity contribution in [2.45, 2.75) is 32.1 Å². The Bertz CT molecular complexity index is 460. The number of halogens is 1. The second-order valence-electron chi connectivity index (χ2n) is 5.70. The van der Waals surface area contributed by atoms with Gasteiger partial charge in [0.1, 0.15) is 0 Å². The molecular formula is C15H18ClNO. The van der Waals surface area contributed by atoms with E-state index in [0.717, 1.165) is 17.5 Å². The van der Waals surface area contributed by atoms with Gasteiger partial charge in [0.05, 0.1) is 0 Å². The van der Waals surface area contributed by atoms with Gasteiger partial charge in [0.15, 0.2) is 0 Å². The van der Waals surface area contributed by atoms with Gasteiger partial charge in [-0.3, -0.25) is 4.79 Å². The average Bonchev–Trinajstić information content (AvgIpc) is 2.90. The highest BCUT2D eigenvalue weighted by Gasteiger charge is 2.40. The van der Waals surface area contributed by atoms with Crippen LogP contribution in [0.5, 0.6) is 0 Å². The maximum Gasteiger partial charge on any atom is 0.224 e. The van der Waals surface area contributed by atoms with Crippen LogP contribution in [0.4, 0.5) is 5.69 Å². The lowest BCUT2D eigenvalue weighted by molar-refractivity contribution is -0.117. The topological polar surface area (TPSA) is 29.1 Å². The molecular weight excluding hydrogens is 246 g/mol. The number of carbonyl (C=O) groups excluding carboxylic acids is 1. The molecule has 18 heavy (non-hydrogen) atoms. The third-order valence-corrected chi connectivity index (χ3v) is 4.68. The van der Waals surface area contributed by atoms with E-state index in [4.69, 9.17) is 11.6 Å². The highest BCUT2D eigenvalue weighted by molar-refractivity contribution is 6.30. The Hall–Kier alpha value is -1.02. The van der Waals surface area contributed by atoms with Crippen LogP contribution in [0.25, 0.3) is 0 Å². The van der Waals surface area contributed by atoms with Crippen molar-refractivity contribution in [3.8, 4) is 0 Å². The smallest absolute Gasteiger partial charge is 0.224 e. The van der Waals surface area contributed by atoms with Crippen molar-refractivity contribution in [2.24, 2.45) is 17.8 Å². The Kier molecular flexibility index (Phi) is 3.29. The second kappa shape index (κ2) is 4.93. The zero-order valence-electron chi connectivity index (χ0n) is 10.4. The van der Waals surface area contributed by atoms with Crippen LogP contribution in [-0.4, -0.2) is 5.91 Å². The van der Waals surface area contributed by atoms with Crippen LogP contribution in [-0.2, 0) is 4.79 Å². The van der Waals surface area contributed by atoms with Crippen LogP contribution >= 0.6 is 11.6 Å². The fourth-order valence-corrected chi connectivity index (χ4v) is 3.83. The molecule has 2 saturated carbocycles. The summed E-state index contributed by atoms with van der Waals surface area (Å²) in [5, 5.41) is 3.61. The summed E-state index contributed by atoms with van der Waals surface area (Å²) >= 11 is 5.90. The quantitative estimate of drug-likeness (QED) is 0.874. The Morgan fingerprint density at radius 3 is 2.89 bits per heavy atom. The summed E-state index contributed by atoms with van der Waals surface area (Å²) in [4.78, 5) is 12.0. The third-order valence-electron chi connectivity index (χ3n) is 4.44. The van der Waals surface area contributed by atoms with Gasteiger partial charge >= 0.3 is 0 Å². The molecule has 3 heteroatoms. The van der Waals surface area contributed by atoms with Crippen LogP contribution in [0.1, 0.15) is 32.1 Å². The lowest BCUT2D eigenvalue weighted by Gasteiger charge is -2.20. The van der Waals surface area contributed by atoms with E-state index in [1.807, 2.05) is 18.2 Å². The Balaban J connectivity index is 1.56. The molecule has 2 aliphatic carbocycles. The average molecular weight is 264 g/mol. The largest absolute Gasteiger partial charge is 0.326 e. The number of anilines is 1. The summed E-state index contributed by atoms with van der Waals surface area (Å²) in [6, 6.07) is 7.34. The molecule has 0 spiro atoms. The van der Waals surface area contributed by atoms with E-state index in [-0.39, 0.29) is 5.91 Å². The van der Waals surface area contributed by atoms with E-state index in [2.05, 4.69) is 5.32 Å². The minimum Gasteiger partial charge on any atom is -0.326 e. The van der Waals surface area contributed by atoms with E-state index in [1.54, 1.807) is 6.07 Å². The van der Waals surface area contributed by atoms with Crippen LogP contribution in [0.2, 0.25) is 5.02 Å². The summed E-state index contributed by atoms with van der Waals surface area (Å²) in [5.41, 5.74) is 0.802. The van der Waals surface area contributed by atoms with Crippen molar-refractivity contribution < 1.29 is 4.79 Å². The summed E-state index contributed by atoms with van der Waals surface area (Å²) in [6.45, 7) is 0. The summed E-state index contributed by atoms with van der Waals surface area (Å²) in [6.07, 6.45) is 6.01. The molecule has 3 atom stereocenters. The van der Waals surface area contributed by atoms with Crippen molar-refractivity contribution in [2.75, 3.05) is 5.32 Å². The third kappa shape index (κ3) is 2.54. The predicted molar refractivity (Wildman–Crippen MR) is 73.6 cm³/mol. The van der Waals surface area contributed by atoms with E-state index in [1.165, 1.54) is 25.7 Å². The maximum absolute atomic E-state index is 12.0. The summed E-state index contributed by atoms with van der Waals surface area (Å²) in [5.74, 6) is 2.46. The molecule has 1 N–H and O–H groups in total. The lowest BCUT2D eigenvalue weighted by Crippen LogP contribution is -2.20. The number of amides is 1. The van der Waals surface area contributed by atoms with E-state index in [9.17, 15) is 4.79 Å². The van der Waals surface area contributed by atoms with E-state index >= 15 is 0 Å². The first-order valence-corrected chi connectivity index (χ1v) is 7.14. The van der Waals surface area contributed by atoms with Gasteiger partial charge in [0.2, 0.25) is 5.91 Å². The molecule has 0 saturated heterocycles. The number of fused-ring (bicyclic) bond motifs is 2. The molecule has 3 rings (SSSR count). The normalized spacial score (nSPS) is 29.5. The zero-order valence-corrected chi connectivity index (χ0v) is 11.1. The van der Waals surface area contributed by atoms with E-state index in [0.29, 0.717) is 17.4 Å². The van der Waals surface area contributed by atoms with E-state index < -0.39 is 0 Å². The van der Waals surface area contributed by atoms with Crippen molar-refractivity contribution in [3.05, 3.63) is 29.3 Å². The van der Waals surface area contributed by atoms with Gasteiger partial charge in [0.25, 0.3) is 0 Å². The minimum atomic E-state index is 0.134. The lowest BCUT2D eigenvalue weighted by atomic mass is 9.86. The molecule has 1 aromatic rings. The zero-order chi connectivity index (χ0) is 12.5. The Morgan fingerprint density at radius 1 is 1.33 bits per heavy atom. The van der Waals surface area contributed by atoms with Gasteiger partial charge in [-0.05, 0) is 55.2 Å². The number of hydrogen-bond donors (Lipinski definition) is 1. The molecule has 96 valence electrons. The van der Waals surface area contributed by atoms with Crippen molar-refractivity contribution in [1.82, 2.24) is 0 Å². The number of carbonyl (C=O) groups is 1. The number of rotatable bonds is 3. The monoisotopic (exact) mass is 263 g/mol. The first-order valence-electron chi connectivity index (χ1n) is 6.76. The van der Waals surface area contributed by atoms with Crippen molar-refractivity contribution >= 4 is 23.2 Å². The molecule has 0 radical (unpaired) electrons. The van der Waals surface area contributed by atoms with Gasteiger partial charge in [-0.1, -0.05) is 24.1 Å². The summed E-state index contributed by atoms with van der Waals surface area (Å²) in [7, 11) is 0. The molecule has 0 aliphatic heterocycles. The maximum atomic E-state index is 12.0. The van der Waals surface area contributed by atoms with Crippen LogP contribution < -0.4 is 5.32 Å². The first-order chi connectivity index (χ1) is 8.70. The van der Waals surface area contributed by atoms with Crippen molar-refractivity contribution in [1.29, 1.82) is 0 Å². The molecule has 0 aromatic heterocycles. The highest BCUT2D eigenvalue weighted by atomic mass is 35.5. The van der Waals surface area contributed by atoms with Crippen LogP contribution in [0, 0.1) is 17.8 Å². The standard InChI is InChI=1S/C15H18ClNO/c16-13-2-1-3-14(9-13)17-15(18)8-12-7-10-4-5-11(12)6-10/h1-3,9-12H,4-8H2,(H,17,18)/t10-,11+,12-/m0/s1. The molecule has 2 fully saturated rings. The second-order valence-corrected chi connectivity index (χ2v) is 6.13. The Morgan fingerprint density at radius 2 is 2.22 bits per heavy atom. The SMILES string of the molecule is O=C(C[C@@H]1C[C@H]2CC[C@@H]1C2)Nc1cccc(Cl)c1. The summed E-state index contributed by atoms with van der Waals surface area (Å²) < 4.78 is 0. The minimum absolute atomic E-state index is 0.134. The molecule has 2 nitrogen and oxygen atoms in total. The van der Waals surface area contributed by atoms with Gasteiger partial charge < -0.3 is 5.32 Å². The fraction of sp³-hybridized carbons (Fsp3) is 0.533. The molecule has 0 unspecified atom stereocenters. The van der Waals surface area contributed by atoms with Gasteiger partial charge in [-0.15, -0.1) is 0 Å². The fourth-order valence-electron chi connectivity index (χ4n) is 3.64. The Labute approximate surface area is 113 Å². The van der Waals surface area contributed by atoms with Gasteiger partial charge in [-0.2, -0.15) is 0 Å². The van der Waals surface area contributed by atoms with Gasteiger partial charge in [-0.25, -0.2) is 0 Å². The van der Waals surface area contributed by atoms with Gasteiger partial charge in [0, 0.05) is 17.1 Å². The molecule has 1 amide bonds. The number of nitrogens with one attached hydrogen (secondary N) is 1. The highest BCUT2D eigenvalue weighted by Crippen LogP contribution is 2.49. The van der Waals surface area contributed by atoms with Crippen LogP contribution in [0.15, 0.2) is 24.3 Å². The molecule has 0 heterocycles.